The van der Waals surface area contributed by atoms with E-state index in [-0.39, 0.29) is 0 Å². The molecule has 0 atom stereocenters. The Hall–Kier alpha value is -13.4. The Kier molecular flexibility index (Phi) is 14.1. The van der Waals surface area contributed by atoms with Crippen LogP contribution in [0.2, 0.25) is 0 Å². The number of para-hydroxylation sites is 2. The zero-order valence-electron chi connectivity index (χ0n) is 57.9. The molecule has 0 unspecified atom stereocenters. The molecule has 0 aliphatic carbocycles. The summed E-state index contributed by atoms with van der Waals surface area (Å²) in [5.41, 5.74) is 27.3. The Morgan fingerprint density at radius 1 is 0.202 bits per heavy atom. The third-order valence-electron chi connectivity index (χ3n) is 21.5. The molecule has 0 saturated carbocycles. The molecule has 0 bridgehead atoms. The van der Waals surface area contributed by atoms with Gasteiger partial charge in [0, 0.05) is 54.3 Å². The fourth-order valence-corrected chi connectivity index (χ4v) is 16.7. The molecule has 104 heavy (non-hydrogen) atoms. The first kappa shape index (κ1) is 60.6. The van der Waals surface area contributed by atoms with Crippen molar-refractivity contribution in [2.24, 2.45) is 0 Å². The lowest BCUT2D eigenvalue weighted by Crippen LogP contribution is -2.22. The van der Waals surface area contributed by atoms with Crippen molar-refractivity contribution in [1.82, 2.24) is 23.3 Å². The van der Waals surface area contributed by atoms with Crippen LogP contribution in [0.1, 0.15) is 26.3 Å². The third-order valence-corrected chi connectivity index (χ3v) is 21.5. The SMILES string of the molecule is CC(C)(C)c1c(-c2ccc(-n3c4ccccc4c4ccccc43)cc2)c(-n2c3ccc(-c4ccccc4)cc3c3cc(-c4ccccc4)ccc32)nc(-n2c3ccc(-c4ccccc4)cc3c3cc(-c4ccccc4)ccc32)c1-n1c2ccc(-c3ccccc3)cc2c2cc(-c3ccccc3)ccc21. The molecule has 0 N–H and O–H groups in total. The Bertz CT molecular complexity index is 6410. The predicted octanol–water partition coefficient (Wildman–Crippen LogP) is 26.4. The van der Waals surface area contributed by atoms with Crippen molar-refractivity contribution in [3.63, 3.8) is 0 Å². The average Bonchev–Trinajstić information content (AvgIpc) is 1.54. The van der Waals surface area contributed by atoms with Gasteiger partial charge in [-0.2, -0.15) is 0 Å². The summed E-state index contributed by atoms with van der Waals surface area (Å²) in [6.45, 7) is 7.25. The monoisotopic (exact) mass is 1330 g/mol. The maximum atomic E-state index is 6.68. The van der Waals surface area contributed by atoms with Gasteiger partial charge in [0.25, 0.3) is 0 Å². The first-order valence-corrected chi connectivity index (χ1v) is 36.0. The number of benzene rings is 15. The highest BCUT2D eigenvalue weighted by Crippen LogP contribution is 2.51. The second-order valence-electron chi connectivity index (χ2n) is 28.6. The first-order chi connectivity index (χ1) is 51.2. The van der Waals surface area contributed by atoms with Crippen molar-refractivity contribution < 1.29 is 0 Å². The van der Waals surface area contributed by atoms with E-state index < -0.39 is 5.41 Å². The topological polar surface area (TPSA) is 32.6 Å². The molecule has 20 rings (SSSR count). The van der Waals surface area contributed by atoms with Crippen molar-refractivity contribution in [3.8, 4) is 101 Å². The van der Waals surface area contributed by atoms with Gasteiger partial charge in [-0.1, -0.05) is 288 Å². The lowest BCUT2D eigenvalue weighted by Gasteiger charge is -2.32. The van der Waals surface area contributed by atoms with E-state index >= 15 is 0 Å². The number of pyridine rings is 1. The van der Waals surface area contributed by atoms with Crippen LogP contribution in [0.4, 0.5) is 0 Å². The molecule has 490 valence electrons. The molecule has 0 aliphatic rings. The second kappa shape index (κ2) is 24.2. The summed E-state index contributed by atoms with van der Waals surface area (Å²) in [5.74, 6) is 1.64. The van der Waals surface area contributed by atoms with Crippen LogP contribution in [0.5, 0.6) is 0 Å². The van der Waals surface area contributed by atoms with Gasteiger partial charge < -0.3 is 9.13 Å². The molecule has 0 radical (unpaired) electrons. The van der Waals surface area contributed by atoms with Crippen molar-refractivity contribution in [3.05, 3.63) is 370 Å². The summed E-state index contributed by atoms with van der Waals surface area (Å²) in [6, 6.07) is 134. The predicted molar refractivity (Wildman–Crippen MR) is 438 cm³/mol. The molecule has 5 heteroatoms. The number of rotatable bonds is 11. The summed E-state index contributed by atoms with van der Waals surface area (Å²) in [5, 5.41) is 9.30. The third kappa shape index (κ3) is 9.87. The zero-order valence-corrected chi connectivity index (χ0v) is 57.9. The van der Waals surface area contributed by atoms with E-state index in [1.165, 1.54) is 10.8 Å². The van der Waals surface area contributed by atoms with Crippen molar-refractivity contribution in [2.75, 3.05) is 0 Å². The van der Waals surface area contributed by atoms with E-state index in [2.05, 4.69) is 403 Å². The second-order valence-corrected chi connectivity index (χ2v) is 28.6. The summed E-state index contributed by atoms with van der Waals surface area (Å²) in [6.07, 6.45) is 0. The van der Waals surface area contributed by atoms with Crippen LogP contribution in [0.15, 0.2) is 364 Å². The average molecular weight is 1330 g/mol. The van der Waals surface area contributed by atoms with Gasteiger partial charge in [0.1, 0.15) is 5.82 Å². The van der Waals surface area contributed by atoms with E-state index in [9.17, 15) is 0 Å². The van der Waals surface area contributed by atoms with E-state index in [0.29, 0.717) is 0 Å². The molecular weight excluding hydrogens is 1260 g/mol. The highest BCUT2D eigenvalue weighted by atomic mass is 15.2. The molecule has 5 heterocycles. The minimum Gasteiger partial charge on any atom is -0.309 e. The molecule has 5 aromatic heterocycles. The molecule has 15 aromatic carbocycles. The number of hydrogen-bond donors (Lipinski definition) is 0. The number of fused-ring (bicyclic) bond motifs is 12. The number of aromatic nitrogens is 5. The molecule has 0 spiro atoms. The van der Waals surface area contributed by atoms with Crippen LogP contribution >= 0.6 is 0 Å². The molecule has 20 aromatic rings. The van der Waals surface area contributed by atoms with Crippen LogP contribution in [0.25, 0.3) is 188 Å². The van der Waals surface area contributed by atoms with Crippen molar-refractivity contribution in [2.45, 2.75) is 26.2 Å². The molecule has 0 aliphatic heterocycles. The van der Waals surface area contributed by atoms with Gasteiger partial charge in [-0.25, -0.2) is 4.98 Å². The van der Waals surface area contributed by atoms with Crippen LogP contribution in [-0.4, -0.2) is 23.3 Å². The Morgan fingerprint density at radius 3 is 0.750 bits per heavy atom. The number of nitrogens with zero attached hydrogens (tertiary/aromatic N) is 5. The number of hydrogen-bond acceptors (Lipinski definition) is 1. The largest absolute Gasteiger partial charge is 0.309 e. The summed E-state index contributed by atoms with van der Waals surface area (Å²) < 4.78 is 10.0. The van der Waals surface area contributed by atoms with Crippen LogP contribution in [0, 0.1) is 0 Å². The molecule has 0 amide bonds. The van der Waals surface area contributed by atoms with Crippen LogP contribution < -0.4 is 0 Å². The molecule has 0 saturated heterocycles. The van der Waals surface area contributed by atoms with Gasteiger partial charge in [0.05, 0.1) is 49.8 Å². The van der Waals surface area contributed by atoms with E-state index in [0.717, 1.165) is 183 Å². The minimum absolute atomic E-state index is 0.584. The van der Waals surface area contributed by atoms with Gasteiger partial charge in [0.15, 0.2) is 5.82 Å². The lowest BCUT2D eigenvalue weighted by atomic mass is 9.80. The summed E-state index contributed by atoms with van der Waals surface area (Å²) >= 11 is 0. The first-order valence-electron chi connectivity index (χ1n) is 36.0. The normalized spacial score (nSPS) is 12.0. The summed E-state index contributed by atoms with van der Waals surface area (Å²) in [4.78, 5) is 6.68. The standard InChI is InChI=1S/C99H69N5/c1-99(2,3)95-94(70-42-50-77(51-43-70)101-86-40-24-22-38-78(86)79-39-23-25-41-87(79)101)97(103-90-54-46-73(66-30-14-6-15-31-66)60-82(90)83-61-74(47-55-91(83)103)67-32-16-7-17-33-67)100-98(104-92-56-48-75(68-34-18-8-19-35-68)62-84(92)85-63-76(49-57-93(85)104)69-36-20-9-21-37-69)96(95)102-88-52-44-71(64-26-10-4-11-27-64)58-80(88)81-59-72(45-53-89(81)102)65-28-12-5-13-29-65/h4-63H,1-3H3. The molecular formula is C99H69N5. The maximum absolute atomic E-state index is 6.68. The molecule has 5 nitrogen and oxygen atoms in total. The van der Waals surface area contributed by atoms with Crippen molar-refractivity contribution in [1.29, 1.82) is 0 Å². The van der Waals surface area contributed by atoms with Gasteiger partial charge >= 0.3 is 0 Å². The van der Waals surface area contributed by atoms with Gasteiger partial charge in [-0.15, -0.1) is 0 Å². The Balaban J connectivity index is 0.981. The van der Waals surface area contributed by atoms with E-state index in [1.54, 1.807) is 0 Å². The fourth-order valence-electron chi connectivity index (χ4n) is 16.7. The van der Waals surface area contributed by atoms with Gasteiger partial charge in [0.2, 0.25) is 0 Å². The van der Waals surface area contributed by atoms with Gasteiger partial charge in [-0.3, -0.25) is 9.13 Å². The van der Waals surface area contributed by atoms with Gasteiger partial charge in [-0.05, 0) is 180 Å². The quantitative estimate of drug-likeness (QED) is 0.127. The zero-order chi connectivity index (χ0) is 69.2. The highest BCUT2D eigenvalue weighted by Gasteiger charge is 2.35. The highest BCUT2D eigenvalue weighted by molar-refractivity contribution is 6.16. The Morgan fingerprint density at radius 2 is 0.452 bits per heavy atom. The fraction of sp³-hybridized carbons (Fsp3) is 0.0404. The minimum atomic E-state index is -0.584. The van der Waals surface area contributed by atoms with E-state index in [1.807, 2.05) is 0 Å². The van der Waals surface area contributed by atoms with Crippen LogP contribution in [0.3, 0.4) is 0 Å². The molecule has 0 fully saturated rings. The van der Waals surface area contributed by atoms with E-state index in [4.69, 9.17) is 4.98 Å². The Labute approximate surface area is 603 Å². The maximum Gasteiger partial charge on any atom is 0.164 e. The van der Waals surface area contributed by atoms with Crippen LogP contribution in [-0.2, 0) is 5.41 Å². The summed E-state index contributed by atoms with van der Waals surface area (Å²) in [7, 11) is 0. The smallest absolute Gasteiger partial charge is 0.164 e. The van der Waals surface area contributed by atoms with Crippen molar-refractivity contribution >= 4 is 87.2 Å². The lowest BCUT2D eigenvalue weighted by molar-refractivity contribution is 0.587.